The number of epoxide rings is 1. The molecule has 1 amide bonds. The maximum absolute atomic E-state index is 12.3. The van der Waals surface area contributed by atoms with Crippen molar-refractivity contribution < 1.29 is 28.6 Å². The van der Waals surface area contributed by atoms with Crippen LogP contribution in [0.2, 0.25) is 0 Å². The maximum atomic E-state index is 12.3. The van der Waals surface area contributed by atoms with Crippen LogP contribution >= 0.6 is 0 Å². The number of unbranched alkanes of at least 4 members (excludes halogenated alkanes) is 7. The number of rotatable bonds is 11. The Labute approximate surface area is 171 Å². The number of methoxy groups -OCH3 is 1. The summed E-state index contributed by atoms with van der Waals surface area (Å²) in [5.41, 5.74) is -1.12. The molecular weight excluding hydrogens is 374 g/mol. The molecule has 0 saturated carbocycles. The highest BCUT2D eigenvalue weighted by Gasteiger charge is 2.69. The highest BCUT2D eigenvalue weighted by Crippen LogP contribution is 2.49. The average molecular weight is 405 g/mol. The van der Waals surface area contributed by atoms with Crippen LogP contribution in [0.5, 0.6) is 0 Å². The van der Waals surface area contributed by atoms with E-state index in [0.717, 1.165) is 12.8 Å². The first-order valence-corrected chi connectivity index (χ1v) is 10.7. The molecule has 1 aliphatic carbocycles. The lowest BCUT2D eigenvalue weighted by Gasteiger charge is -2.29. The van der Waals surface area contributed by atoms with Crippen LogP contribution in [0.3, 0.4) is 0 Å². The molecule has 2 heterocycles. The van der Waals surface area contributed by atoms with Crippen LogP contribution in [-0.4, -0.2) is 48.6 Å². The van der Waals surface area contributed by atoms with Gasteiger partial charge in [0.1, 0.15) is 17.9 Å². The topological polar surface area (TPSA) is 94.2 Å². The lowest BCUT2D eigenvalue weighted by atomic mass is 9.85. The average Bonchev–Trinajstić information content (AvgIpc) is 3.45. The number of ether oxygens (including phenoxy) is 3. The van der Waals surface area contributed by atoms with Crippen LogP contribution in [0.4, 0.5) is 0 Å². The molecule has 3 rings (SSSR count). The fourth-order valence-corrected chi connectivity index (χ4v) is 4.13. The first kappa shape index (κ1) is 21.6. The predicted molar refractivity (Wildman–Crippen MR) is 106 cm³/mol. The fraction of sp³-hybridized carbons (Fsp3) is 0.682. The minimum absolute atomic E-state index is 0.186. The van der Waals surface area contributed by atoms with E-state index in [1.54, 1.807) is 0 Å². The van der Waals surface area contributed by atoms with Gasteiger partial charge in [-0.05, 0) is 18.9 Å². The van der Waals surface area contributed by atoms with E-state index in [9.17, 15) is 14.4 Å². The molecule has 2 fully saturated rings. The zero-order chi connectivity index (χ0) is 20.9. The number of hydrogen-bond donors (Lipinski definition) is 1. The molecule has 160 valence electrons. The number of allylic oxidation sites excluding steroid dienone is 1. The van der Waals surface area contributed by atoms with Gasteiger partial charge in [0.15, 0.2) is 11.9 Å². The van der Waals surface area contributed by atoms with Gasteiger partial charge in [0.25, 0.3) is 0 Å². The summed E-state index contributed by atoms with van der Waals surface area (Å²) in [6, 6.07) is -0.790. The highest BCUT2D eigenvalue weighted by atomic mass is 16.7. The number of ketones is 1. The summed E-state index contributed by atoms with van der Waals surface area (Å²) >= 11 is 0. The summed E-state index contributed by atoms with van der Waals surface area (Å²) in [5, 5.41) is 2.70. The molecule has 2 saturated heterocycles. The summed E-state index contributed by atoms with van der Waals surface area (Å²) in [5.74, 6) is -0.768. The van der Waals surface area contributed by atoms with Crippen molar-refractivity contribution in [1.29, 1.82) is 0 Å². The number of esters is 1. The van der Waals surface area contributed by atoms with Gasteiger partial charge in [-0.1, -0.05) is 51.5 Å². The van der Waals surface area contributed by atoms with E-state index in [1.807, 2.05) is 6.08 Å². The zero-order valence-electron chi connectivity index (χ0n) is 17.3. The van der Waals surface area contributed by atoms with E-state index in [4.69, 9.17) is 14.2 Å². The Balaban J connectivity index is 1.43. The van der Waals surface area contributed by atoms with E-state index in [1.165, 1.54) is 57.8 Å². The number of carbonyl (C=O) groups is 3. The van der Waals surface area contributed by atoms with Gasteiger partial charge < -0.3 is 19.5 Å². The molecule has 0 aromatic heterocycles. The largest absolute Gasteiger partial charge is 0.497 e. The Morgan fingerprint density at radius 1 is 1.24 bits per heavy atom. The van der Waals surface area contributed by atoms with Crippen LogP contribution in [0.15, 0.2) is 24.0 Å². The van der Waals surface area contributed by atoms with Gasteiger partial charge in [0.05, 0.1) is 7.11 Å². The smallest absolute Gasteiger partial charge is 0.329 e. The molecule has 3 aliphatic rings. The zero-order valence-corrected chi connectivity index (χ0v) is 17.3. The van der Waals surface area contributed by atoms with E-state index in [-0.39, 0.29) is 23.9 Å². The summed E-state index contributed by atoms with van der Waals surface area (Å²) in [6.07, 6.45) is 13.2. The fourth-order valence-electron chi connectivity index (χ4n) is 4.13. The molecule has 4 atom stereocenters. The van der Waals surface area contributed by atoms with Crippen molar-refractivity contribution in [2.75, 3.05) is 7.11 Å². The van der Waals surface area contributed by atoms with Gasteiger partial charge in [-0.2, -0.15) is 0 Å². The third-order valence-corrected chi connectivity index (χ3v) is 5.78. The summed E-state index contributed by atoms with van der Waals surface area (Å²) in [4.78, 5) is 36.4. The standard InChI is InChI=1S/C22H31NO6/c1-3-4-5-6-7-8-9-10-11-12-18(25)23-15-14-22(29-21(15)26)17(27-2)13-16(24)19-20(22)28-19/h11-13,15,19-20H,3-10,14H2,1-2H3,(H,23,25)/b12-11+/t15-,19-,20-,22+/m0/s1. The molecule has 0 unspecified atom stereocenters. The van der Waals surface area contributed by atoms with Crippen LogP contribution in [0.1, 0.15) is 64.7 Å². The first-order chi connectivity index (χ1) is 14.0. The van der Waals surface area contributed by atoms with Crippen molar-refractivity contribution in [3.8, 4) is 0 Å². The van der Waals surface area contributed by atoms with Gasteiger partial charge in [0, 0.05) is 12.5 Å². The van der Waals surface area contributed by atoms with E-state index >= 15 is 0 Å². The molecule has 1 spiro atoms. The van der Waals surface area contributed by atoms with Crippen LogP contribution in [0, 0.1) is 0 Å². The summed E-state index contributed by atoms with van der Waals surface area (Å²) < 4.78 is 16.3. The molecule has 0 aromatic rings. The van der Waals surface area contributed by atoms with E-state index < -0.39 is 29.8 Å². The Bertz CT molecular complexity index is 699. The van der Waals surface area contributed by atoms with Crippen LogP contribution < -0.4 is 5.32 Å². The van der Waals surface area contributed by atoms with Crippen molar-refractivity contribution in [3.63, 3.8) is 0 Å². The quantitative estimate of drug-likeness (QED) is 0.246. The Morgan fingerprint density at radius 3 is 2.69 bits per heavy atom. The van der Waals surface area contributed by atoms with Crippen molar-refractivity contribution >= 4 is 17.7 Å². The highest BCUT2D eigenvalue weighted by molar-refractivity contribution is 5.99. The maximum Gasteiger partial charge on any atom is 0.329 e. The third-order valence-electron chi connectivity index (χ3n) is 5.78. The lowest BCUT2D eigenvalue weighted by molar-refractivity contribution is -0.151. The summed E-state index contributed by atoms with van der Waals surface area (Å²) in [6.45, 7) is 2.21. The minimum atomic E-state index is -1.12. The molecule has 0 aromatic carbocycles. The lowest BCUT2D eigenvalue weighted by Crippen LogP contribution is -2.44. The monoisotopic (exact) mass is 405 g/mol. The molecule has 29 heavy (non-hydrogen) atoms. The minimum Gasteiger partial charge on any atom is -0.497 e. The number of hydrogen-bond acceptors (Lipinski definition) is 6. The van der Waals surface area contributed by atoms with Crippen molar-refractivity contribution in [2.24, 2.45) is 0 Å². The number of nitrogens with one attached hydrogen (secondary N) is 1. The number of carbonyl (C=O) groups excluding carboxylic acids is 3. The predicted octanol–water partition coefficient (Wildman–Crippen LogP) is 2.73. The first-order valence-electron chi connectivity index (χ1n) is 10.7. The van der Waals surface area contributed by atoms with Gasteiger partial charge in [0.2, 0.25) is 11.5 Å². The second-order valence-electron chi connectivity index (χ2n) is 7.98. The second kappa shape index (κ2) is 9.57. The Morgan fingerprint density at radius 2 is 1.97 bits per heavy atom. The second-order valence-corrected chi connectivity index (χ2v) is 7.98. The molecule has 0 bridgehead atoms. The van der Waals surface area contributed by atoms with Gasteiger partial charge in [-0.15, -0.1) is 0 Å². The van der Waals surface area contributed by atoms with Gasteiger partial charge in [-0.25, -0.2) is 4.79 Å². The molecule has 2 aliphatic heterocycles. The molecule has 1 N–H and O–H groups in total. The molecular formula is C22H31NO6. The van der Waals surface area contributed by atoms with E-state index in [2.05, 4.69) is 12.2 Å². The molecule has 0 radical (unpaired) electrons. The van der Waals surface area contributed by atoms with E-state index in [0.29, 0.717) is 0 Å². The third kappa shape index (κ3) is 4.89. The van der Waals surface area contributed by atoms with Crippen molar-refractivity contribution in [3.05, 3.63) is 24.0 Å². The Kier molecular flexibility index (Phi) is 7.11. The number of amides is 1. The molecule has 7 nitrogen and oxygen atoms in total. The van der Waals surface area contributed by atoms with Crippen molar-refractivity contribution in [1.82, 2.24) is 5.32 Å². The summed E-state index contributed by atoms with van der Waals surface area (Å²) in [7, 11) is 1.43. The normalized spacial score (nSPS) is 30.3. The van der Waals surface area contributed by atoms with Gasteiger partial charge >= 0.3 is 5.97 Å². The van der Waals surface area contributed by atoms with Crippen molar-refractivity contribution in [2.45, 2.75) is 88.6 Å². The van der Waals surface area contributed by atoms with Crippen LogP contribution in [-0.2, 0) is 28.6 Å². The van der Waals surface area contributed by atoms with Gasteiger partial charge in [-0.3, -0.25) is 9.59 Å². The Hall–Kier alpha value is -2.15. The number of fused-ring (bicyclic) bond motifs is 2. The molecule has 7 heteroatoms. The van der Waals surface area contributed by atoms with Crippen LogP contribution in [0.25, 0.3) is 0 Å². The SMILES string of the molecule is CCCCCCCCC/C=C/C(=O)N[C@H]1C[C@@]2(OC1=O)C(OC)=CC(=O)[C@@H]1O[C@@H]12.